The van der Waals surface area contributed by atoms with Gasteiger partial charge >= 0.3 is 0 Å². The van der Waals surface area contributed by atoms with Gasteiger partial charge in [-0.05, 0) is 36.6 Å². The van der Waals surface area contributed by atoms with Crippen LogP contribution in [0.1, 0.15) is 34.9 Å². The number of aromatic nitrogens is 2. The van der Waals surface area contributed by atoms with Gasteiger partial charge in [0.2, 0.25) is 0 Å². The van der Waals surface area contributed by atoms with Crippen molar-refractivity contribution in [3.05, 3.63) is 52.8 Å². The SMILES string of the molecule is Cn1nccc1C(=O)N1CCCC1c1ccc(Cl)cc1. The van der Waals surface area contributed by atoms with E-state index in [0.29, 0.717) is 5.69 Å². The van der Waals surface area contributed by atoms with Crippen LogP contribution in [0.25, 0.3) is 0 Å². The number of benzene rings is 1. The van der Waals surface area contributed by atoms with Crippen molar-refractivity contribution in [2.45, 2.75) is 18.9 Å². The Bertz CT molecular complexity index is 620. The van der Waals surface area contributed by atoms with Crippen molar-refractivity contribution >= 4 is 17.5 Å². The van der Waals surface area contributed by atoms with Gasteiger partial charge in [-0.3, -0.25) is 9.48 Å². The Morgan fingerprint density at radius 3 is 2.70 bits per heavy atom. The van der Waals surface area contributed by atoms with Crippen LogP contribution in [0.5, 0.6) is 0 Å². The molecule has 104 valence electrons. The minimum atomic E-state index is 0.0439. The van der Waals surface area contributed by atoms with Gasteiger partial charge in [-0.15, -0.1) is 0 Å². The zero-order valence-electron chi connectivity index (χ0n) is 11.3. The molecule has 3 rings (SSSR count). The minimum absolute atomic E-state index is 0.0439. The summed E-state index contributed by atoms with van der Waals surface area (Å²) in [7, 11) is 1.79. The number of likely N-dealkylation sites (tertiary alicyclic amines) is 1. The molecule has 1 saturated heterocycles. The lowest BCUT2D eigenvalue weighted by Crippen LogP contribution is -2.31. The monoisotopic (exact) mass is 289 g/mol. The van der Waals surface area contributed by atoms with Gasteiger partial charge in [0.1, 0.15) is 5.69 Å². The van der Waals surface area contributed by atoms with E-state index < -0.39 is 0 Å². The Kier molecular flexibility index (Phi) is 3.49. The quantitative estimate of drug-likeness (QED) is 0.852. The number of hydrogen-bond donors (Lipinski definition) is 0. The fraction of sp³-hybridized carbons (Fsp3) is 0.333. The second-order valence-electron chi connectivity index (χ2n) is 5.05. The molecule has 0 N–H and O–H groups in total. The summed E-state index contributed by atoms with van der Waals surface area (Å²) in [6.45, 7) is 0.789. The molecule has 0 aliphatic carbocycles. The predicted molar refractivity (Wildman–Crippen MR) is 77.7 cm³/mol. The zero-order chi connectivity index (χ0) is 14.1. The second-order valence-corrected chi connectivity index (χ2v) is 5.48. The van der Waals surface area contributed by atoms with Crippen LogP contribution in [0.15, 0.2) is 36.5 Å². The number of hydrogen-bond acceptors (Lipinski definition) is 2. The van der Waals surface area contributed by atoms with Gasteiger partial charge in [-0.1, -0.05) is 23.7 Å². The molecule has 1 fully saturated rings. The molecule has 2 aromatic rings. The molecule has 0 spiro atoms. The Morgan fingerprint density at radius 1 is 1.30 bits per heavy atom. The summed E-state index contributed by atoms with van der Waals surface area (Å²) in [6, 6.07) is 9.65. The number of carbonyl (C=O) groups excluding carboxylic acids is 1. The number of rotatable bonds is 2. The molecule has 20 heavy (non-hydrogen) atoms. The van der Waals surface area contributed by atoms with Crippen LogP contribution in [0, 0.1) is 0 Å². The highest BCUT2D eigenvalue weighted by Crippen LogP contribution is 2.33. The third-order valence-electron chi connectivity index (χ3n) is 3.81. The average molecular weight is 290 g/mol. The molecule has 0 radical (unpaired) electrons. The molecule has 1 aliphatic rings. The van der Waals surface area contributed by atoms with Crippen LogP contribution in [0.4, 0.5) is 0 Å². The maximum absolute atomic E-state index is 12.6. The number of amides is 1. The number of halogens is 1. The molecular weight excluding hydrogens is 274 g/mol. The van der Waals surface area contributed by atoms with Gasteiger partial charge in [-0.25, -0.2) is 0 Å². The van der Waals surface area contributed by atoms with E-state index in [-0.39, 0.29) is 11.9 Å². The summed E-state index contributed by atoms with van der Waals surface area (Å²) in [5.74, 6) is 0.0439. The lowest BCUT2D eigenvalue weighted by Gasteiger charge is -2.25. The summed E-state index contributed by atoms with van der Waals surface area (Å²) >= 11 is 5.93. The van der Waals surface area contributed by atoms with Gasteiger partial charge in [0.15, 0.2) is 0 Å². The molecule has 1 aromatic heterocycles. The zero-order valence-corrected chi connectivity index (χ0v) is 12.0. The number of nitrogens with zero attached hydrogens (tertiary/aromatic N) is 3. The van der Waals surface area contributed by atoms with Gasteiger partial charge < -0.3 is 4.90 Å². The topological polar surface area (TPSA) is 38.1 Å². The smallest absolute Gasteiger partial charge is 0.272 e. The molecule has 0 saturated carbocycles. The highest BCUT2D eigenvalue weighted by molar-refractivity contribution is 6.30. The first-order valence-corrected chi connectivity index (χ1v) is 7.09. The molecule has 2 heterocycles. The highest BCUT2D eigenvalue weighted by atomic mass is 35.5. The first kappa shape index (κ1) is 13.2. The van der Waals surface area contributed by atoms with Crippen molar-refractivity contribution in [2.24, 2.45) is 7.05 Å². The summed E-state index contributed by atoms with van der Waals surface area (Å²) in [5.41, 5.74) is 1.77. The van der Waals surface area contributed by atoms with Crippen molar-refractivity contribution in [1.29, 1.82) is 0 Å². The van der Waals surface area contributed by atoms with Gasteiger partial charge in [-0.2, -0.15) is 5.10 Å². The Balaban J connectivity index is 1.87. The normalized spacial score (nSPS) is 18.5. The Hall–Kier alpha value is -1.81. The van der Waals surface area contributed by atoms with E-state index in [1.54, 1.807) is 24.0 Å². The van der Waals surface area contributed by atoms with E-state index in [4.69, 9.17) is 11.6 Å². The fourth-order valence-electron chi connectivity index (χ4n) is 2.77. The van der Waals surface area contributed by atoms with Gasteiger partial charge in [0.25, 0.3) is 5.91 Å². The number of aryl methyl sites for hydroxylation is 1. The summed E-state index contributed by atoms with van der Waals surface area (Å²) in [4.78, 5) is 14.5. The third-order valence-corrected chi connectivity index (χ3v) is 4.06. The highest BCUT2D eigenvalue weighted by Gasteiger charge is 2.31. The van der Waals surface area contributed by atoms with Crippen LogP contribution in [-0.4, -0.2) is 27.1 Å². The third kappa shape index (κ3) is 2.31. The van der Waals surface area contributed by atoms with Crippen molar-refractivity contribution in [1.82, 2.24) is 14.7 Å². The van der Waals surface area contributed by atoms with Gasteiger partial charge in [0, 0.05) is 24.8 Å². The molecule has 1 amide bonds. The molecule has 1 aliphatic heterocycles. The van der Waals surface area contributed by atoms with Crippen molar-refractivity contribution in [3.8, 4) is 0 Å². The largest absolute Gasteiger partial charge is 0.330 e. The van der Waals surface area contributed by atoms with E-state index in [2.05, 4.69) is 5.10 Å². The van der Waals surface area contributed by atoms with E-state index in [1.165, 1.54) is 0 Å². The minimum Gasteiger partial charge on any atom is -0.330 e. The summed E-state index contributed by atoms with van der Waals surface area (Å²) < 4.78 is 1.62. The van der Waals surface area contributed by atoms with Crippen LogP contribution in [0.3, 0.4) is 0 Å². The van der Waals surface area contributed by atoms with E-state index >= 15 is 0 Å². The standard InChI is InChI=1S/C15H16ClN3O/c1-18-14(8-9-17-18)15(20)19-10-2-3-13(19)11-4-6-12(16)7-5-11/h4-9,13H,2-3,10H2,1H3. The molecule has 1 aromatic carbocycles. The first-order chi connectivity index (χ1) is 9.66. The Morgan fingerprint density at radius 2 is 2.05 bits per heavy atom. The first-order valence-electron chi connectivity index (χ1n) is 6.71. The van der Waals surface area contributed by atoms with Crippen molar-refractivity contribution in [2.75, 3.05) is 6.54 Å². The lowest BCUT2D eigenvalue weighted by molar-refractivity contribution is 0.0724. The van der Waals surface area contributed by atoms with E-state index in [0.717, 1.165) is 30.0 Å². The van der Waals surface area contributed by atoms with Crippen LogP contribution in [-0.2, 0) is 7.05 Å². The van der Waals surface area contributed by atoms with E-state index in [1.807, 2.05) is 29.2 Å². The summed E-state index contributed by atoms with van der Waals surface area (Å²) in [6.07, 6.45) is 3.67. The molecule has 1 unspecified atom stereocenters. The lowest BCUT2D eigenvalue weighted by atomic mass is 10.0. The molecule has 0 bridgehead atoms. The van der Waals surface area contributed by atoms with Crippen LogP contribution < -0.4 is 0 Å². The van der Waals surface area contributed by atoms with Gasteiger partial charge in [0.05, 0.1) is 6.04 Å². The van der Waals surface area contributed by atoms with Crippen molar-refractivity contribution in [3.63, 3.8) is 0 Å². The maximum Gasteiger partial charge on any atom is 0.272 e. The Labute approximate surface area is 123 Å². The van der Waals surface area contributed by atoms with E-state index in [9.17, 15) is 4.79 Å². The van der Waals surface area contributed by atoms with Crippen LogP contribution >= 0.6 is 11.6 Å². The second kappa shape index (κ2) is 5.29. The molecular formula is C15H16ClN3O. The van der Waals surface area contributed by atoms with Crippen LogP contribution in [0.2, 0.25) is 5.02 Å². The predicted octanol–water partition coefficient (Wildman–Crippen LogP) is 3.05. The summed E-state index contributed by atoms with van der Waals surface area (Å²) in [5, 5.41) is 4.79. The molecule has 1 atom stereocenters. The maximum atomic E-state index is 12.6. The fourth-order valence-corrected chi connectivity index (χ4v) is 2.90. The average Bonchev–Trinajstić information content (AvgIpc) is 3.07. The van der Waals surface area contributed by atoms with Crippen molar-refractivity contribution < 1.29 is 4.79 Å². The number of carbonyl (C=O) groups is 1. The molecule has 5 heteroatoms. The molecule has 4 nitrogen and oxygen atoms in total.